The second-order valence-corrected chi connectivity index (χ2v) is 7.38. The SMILES string of the molecule is O=C(CC1CCCO1)NCCc1nc(C2CCCCC2)cs1. The molecule has 1 N–H and O–H groups in total. The molecule has 1 amide bonds. The number of hydrogen-bond acceptors (Lipinski definition) is 4. The smallest absolute Gasteiger partial charge is 0.222 e. The monoisotopic (exact) mass is 322 g/mol. The molecule has 1 saturated carbocycles. The molecular weight excluding hydrogens is 296 g/mol. The van der Waals surface area contributed by atoms with E-state index in [9.17, 15) is 4.79 Å². The lowest BCUT2D eigenvalue weighted by Crippen LogP contribution is -2.28. The van der Waals surface area contributed by atoms with Crippen LogP contribution in [0.1, 0.15) is 68.0 Å². The number of thiazole rings is 1. The molecule has 0 spiro atoms. The maximum Gasteiger partial charge on any atom is 0.222 e. The average molecular weight is 322 g/mol. The van der Waals surface area contributed by atoms with Gasteiger partial charge in [0.15, 0.2) is 0 Å². The highest BCUT2D eigenvalue weighted by Crippen LogP contribution is 2.33. The second kappa shape index (κ2) is 8.06. The van der Waals surface area contributed by atoms with E-state index < -0.39 is 0 Å². The fourth-order valence-corrected chi connectivity index (χ4v) is 4.30. The van der Waals surface area contributed by atoms with Crippen LogP contribution in [0.2, 0.25) is 0 Å². The third-order valence-electron chi connectivity index (χ3n) is 4.69. The zero-order chi connectivity index (χ0) is 15.2. The third-order valence-corrected chi connectivity index (χ3v) is 5.62. The summed E-state index contributed by atoms with van der Waals surface area (Å²) in [6.45, 7) is 1.49. The largest absolute Gasteiger partial charge is 0.378 e. The van der Waals surface area contributed by atoms with Crippen molar-refractivity contribution in [2.24, 2.45) is 0 Å². The molecule has 1 aliphatic heterocycles. The molecule has 1 saturated heterocycles. The Morgan fingerprint density at radius 3 is 2.91 bits per heavy atom. The molecule has 122 valence electrons. The predicted molar refractivity (Wildman–Crippen MR) is 88.2 cm³/mol. The van der Waals surface area contributed by atoms with E-state index in [1.54, 1.807) is 11.3 Å². The van der Waals surface area contributed by atoms with Gasteiger partial charge in [-0.2, -0.15) is 0 Å². The first-order valence-corrected chi connectivity index (χ1v) is 9.52. The first kappa shape index (κ1) is 15.9. The van der Waals surface area contributed by atoms with Crippen molar-refractivity contribution >= 4 is 17.2 Å². The van der Waals surface area contributed by atoms with Gasteiger partial charge in [-0.15, -0.1) is 11.3 Å². The molecule has 0 radical (unpaired) electrons. The number of ether oxygens (including phenoxy) is 1. The van der Waals surface area contributed by atoms with E-state index in [0.717, 1.165) is 30.9 Å². The van der Waals surface area contributed by atoms with E-state index in [2.05, 4.69) is 10.7 Å². The van der Waals surface area contributed by atoms with Crippen molar-refractivity contribution in [1.29, 1.82) is 0 Å². The average Bonchev–Trinajstić information content (AvgIpc) is 3.20. The molecular formula is C17H26N2O2S. The summed E-state index contributed by atoms with van der Waals surface area (Å²) in [6.07, 6.45) is 10.2. The molecule has 1 aromatic heterocycles. The van der Waals surface area contributed by atoms with E-state index in [0.29, 0.717) is 18.9 Å². The summed E-state index contributed by atoms with van der Waals surface area (Å²) in [5, 5.41) is 6.37. The van der Waals surface area contributed by atoms with Crippen molar-refractivity contribution in [3.05, 3.63) is 16.1 Å². The van der Waals surface area contributed by atoms with Crippen LogP contribution in [-0.2, 0) is 16.0 Å². The van der Waals surface area contributed by atoms with Gasteiger partial charge in [-0.1, -0.05) is 19.3 Å². The van der Waals surface area contributed by atoms with Crippen LogP contribution in [0.25, 0.3) is 0 Å². The quantitative estimate of drug-likeness (QED) is 0.873. The highest BCUT2D eigenvalue weighted by atomic mass is 32.1. The van der Waals surface area contributed by atoms with Gasteiger partial charge in [-0.3, -0.25) is 4.79 Å². The Labute approximate surface area is 136 Å². The highest BCUT2D eigenvalue weighted by molar-refractivity contribution is 7.09. The van der Waals surface area contributed by atoms with E-state index >= 15 is 0 Å². The van der Waals surface area contributed by atoms with Gasteiger partial charge in [0.25, 0.3) is 0 Å². The Morgan fingerprint density at radius 2 is 2.14 bits per heavy atom. The zero-order valence-corrected chi connectivity index (χ0v) is 14.0. The first-order chi connectivity index (χ1) is 10.8. The van der Waals surface area contributed by atoms with Gasteiger partial charge in [0.05, 0.1) is 23.2 Å². The Bertz CT molecular complexity index is 477. The van der Waals surface area contributed by atoms with Crippen molar-refractivity contribution in [2.45, 2.75) is 69.8 Å². The molecule has 2 aliphatic rings. The number of amides is 1. The van der Waals surface area contributed by atoms with Gasteiger partial charge in [0, 0.05) is 30.9 Å². The molecule has 3 rings (SSSR count). The maximum atomic E-state index is 11.8. The number of aromatic nitrogens is 1. The normalized spacial score (nSPS) is 22.8. The maximum absolute atomic E-state index is 11.8. The third kappa shape index (κ3) is 4.53. The lowest BCUT2D eigenvalue weighted by Gasteiger charge is -2.19. The molecule has 0 aromatic carbocycles. The van der Waals surface area contributed by atoms with Crippen LogP contribution in [0.4, 0.5) is 0 Å². The van der Waals surface area contributed by atoms with Gasteiger partial charge in [-0.05, 0) is 25.7 Å². The molecule has 1 atom stereocenters. The summed E-state index contributed by atoms with van der Waals surface area (Å²) in [7, 11) is 0. The standard InChI is InChI=1S/C17H26N2O2S/c20-16(11-14-7-4-10-21-14)18-9-8-17-19-15(12-22-17)13-5-2-1-3-6-13/h12-14H,1-11H2,(H,18,20). The lowest BCUT2D eigenvalue weighted by atomic mass is 9.87. The molecule has 0 bridgehead atoms. The van der Waals surface area contributed by atoms with E-state index in [1.807, 2.05) is 0 Å². The molecule has 1 unspecified atom stereocenters. The lowest BCUT2D eigenvalue weighted by molar-refractivity contribution is -0.123. The summed E-state index contributed by atoms with van der Waals surface area (Å²) in [4.78, 5) is 16.6. The van der Waals surface area contributed by atoms with Crippen LogP contribution in [0.15, 0.2) is 5.38 Å². The van der Waals surface area contributed by atoms with Crippen molar-refractivity contribution in [2.75, 3.05) is 13.2 Å². The zero-order valence-electron chi connectivity index (χ0n) is 13.2. The number of hydrogen-bond donors (Lipinski definition) is 1. The minimum Gasteiger partial charge on any atom is -0.378 e. The van der Waals surface area contributed by atoms with E-state index in [-0.39, 0.29) is 12.0 Å². The van der Waals surface area contributed by atoms with Crippen LogP contribution < -0.4 is 5.32 Å². The molecule has 22 heavy (non-hydrogen) atoms. The van der Waals surface area contributed by atoms with Crippen molar-refractivity contribution in [1.82, 2.24) is 10.3 Å². The van der Waals surface area contributed by atoms with E-state index in [4.69, 9.17) is 9.72 Å². The topological polar surface area (TPSA) is 51.2 Å². The Morgan fingerprint density at radius 1 is 1.27 bits per heavy atom. The summed E-state index contributed by atoms with van der Waals surface area (Å²) < 4.78 is 5.49. The molecule has 2 heterocycles. The van der Waals surface area contributed by atoms with Crippen molar-refractivity contribution in [3.63, 3.8) is 0 Å². The molecule has 5 heteroatoms. The number of rotatable bonds is 6. The van der Waals surface area contributed by atoms with Gasteiger partial charge in [0.2, 0.25) is 5.91 Å². The van der Waals surface area contributed by atoms with E-state index in [1.165, 1.54) is 37.8 Å². The van der Waals surface area contributed by atoms with Gasteiger partial charge < -0.3 is 10.1 Å². The second-order valence-electron chi connectivity index (χ2n) is 6.44. The number of carbonyl (C=O) groups is 1. The minimum atomic E-state index is 0.107. The molecule has 4 nitrogen and oxygen atoms in total. The molecule has 1 aliphatic carbocycles. The van der Waals surface area contributed by atoms with Crippen LogP contribution in [0.3, 0.4) is 0 Å². The first-order valence-electron chi connectivity index (χ1n) is 8.64. The summed E-state index contributed by atoms with van der Waals surface area (Å²) >= 11 is 1.74. The Hall–Kier alpha value is -0.940. The van der Waals surface area contributed by atoms with Crippen LogP contribution in [0.5, 0.6) is 0 Å². The molecule has 1 aromatic rings. The summed E-state index contributed by atoms with van der Waals surface area (Å²) in [6, 6.07) is 0. The Balaban J connectivity index is 1.38. The Kier molecular flexibility index (Phi) is 5.84. The summed E-state index contributed by atoms with van der Waals surface area (Å²) in [5.74, 6) is 0.781. The molecule has 2 fully saturated rings. The van der Waals surface area contributed by atoms with Crippen molar-refractivity contribution in [3.8, 4) is 0 Å². The highest BCUT2D eigenvalue weighted by Gasteiger charge is 2.19. The van der Waals surface area contributed by atoms with Gasteiger partial charge >= 0.3 is 0 Å². The number of nitrogens with zero attached hydrogens (tertiary/aromatic N) is 1. The van der Waals surface area contributed by atoms with Crippen molar-refractivity contribution < 1.29 is 9.53 Å². The van der Waals surface area contributed by atoms with Crippen LogP contribution >= 0.6 is 11.3 Å². The fraction of sp³-hybridized carbons (Fsp3) is 0.765. The van der Waals surface area contributed by atoms with Crippen LogP contribution in [-0.4, -0.2) is 30.1 Å². The minimum absolute atomic E-state index is 0.107. The van der Waals surface area contributed by atoms with Crippen LogP contribution in [0, 0.1) is 0 Å². The summed E-state index contributed by atoms with van der Waals surface area (Å²) in [5.41, 5.74) is 1.28. The fourth-order valence-electron chi connectivity index (χ4n) is 3.42. The number of nitrogens with one attached hydrogen (secondary N) is 1. The predicted octanol–water partition coefficient (Wildman–Crippen LogP) is 3.42. The van der Waals surface area contributed by atoms with Gasteiger partial charge in [0.1, 0.15) is 0 Å². The van der Waals surface area contributed by atoms with Gasteiger partial charge in [-0.25, -0.2) is 4.98 Å². The number of carbonyl (C=O) groups excluding carboxylic acids is 1.